The van der Waals surface area contributed by atoms with E-state index in [9.17, 15) is 9.18 Å². The van der Waals surface area contributed by atoms with Crippen molar-refractivity contribution in [1.29, 1.82) is 0 Å². The summed E-state index contributed by atoms with van der Waals surface area (Å²) < 4.78 is 19.4. The van der Waals surface area contributed by atoms with Crippen LogP contribution in [0.3, 0.4) is 0 Å². The molecule has 4 nitrogen and oxygen atoms in total. The minimum atomic E-state index is -0.258. The highest BCUT2D eigenvalue weighted by Crippen LogP contribution is 2.30. The lowest BCUT2D eigenvalue weighted by Crippen LogP contribution is -2.55. The Balaban J connectivity index is 1.71. The molecule has 160 valence electrons. The van der Waals surface area contributed by atoms with Gasteiger partial charge in [0.05, 0.1) is 6.04 Å². The fraction of sp³-hybridized carbons (Fsp3) is 0.440. The van der Waals surface area contributed by atoms with Crippen LogP contribution in [0.25, 0.3) is 0 Å². The highest BCUT2D eigenvalue weighted by Gasteiger charge is 2.34. The van der Waals surface area contributed by atoms with Crippen molar-refractivity contribution in [2.24, 2.45) is 0 Å². The van der Waals surface area contributed by atoms with Gasteiger partial charge in [-0.15, -0.1) is 0 Å². The smallest absolute Gasteiger partial charge is 0.147 e. The summed E-state index contributed by atoms with van der Waals surface area (Å²) in [5.74, 6) is 3.22. The summed E-state index contributed by atoms with van der Waals surface area (Å²) in [4.78, 5) is 16.1. The van der Waals surface area contributed by atoms with Crippen LogP contribution in [-0.4, -0.2) is 41.1 Å². The Kier molecular flexibility index (Phi) is 7.30. The summed E-state index contributed by atoms with van der Waals surface area (Å²) >= 11 is 0. The van der Waals surface area contributed by atoms with Gasteiger partial charge in [-0.3, -0.25) is 4.90 Å². The third kappa shape index (κ3) is 4.92. The van der Waals surface area contributed by atoms with Gasteiger partial charge in [0.2, 0.25) is 0 Å². The van der Waals surface area contributed by atoms with Crippen molar-refractivity contribution in [2.45, 2.75) is 58.7 Å². The van der Waals surface area contributed by atoms with E-state index in [2.05, 4.69) is 42.6 Å². The molecule has 3 atom stereocenters. The standard InChI is InChI=1S/C25H31FN2O2/c1-5-18(2)23-8-6-7-9-25(23)30-17-27-14-19(3)28(24(16-29)20(27)4)15-21-10-12-22(26)13-11-21/h6-13,18-20H,5,14-15,17H2,1-4H3/t18?,19-,20+/m1/s1. The van der Waals surface area contributed by atoms with Gasteiger partial charge in [-0.1, -0.05) is 44.2 Å². The van der Waals surface area contributed by atoms with Crippen molar-refractivity contribution in [1.82, 2.24) is 9.80 Å². The van der Waals surface area contributed by atoms with Crippen molar-refractivity contribution in [2.75, 3.05) is 13.3 Å². The number of piperazine rings is 1. The minimum absolute atomic E-state index is 0.108. The number of benzene rings is 2. The van der Waals surface area contributed by atoms with E-state index >= 15 is 0 Å². The fourth-order valence-corrected chi connectivity index (χ4v) is 3.97. The monoisotopic (exact) mass is 410 g/mol. The molecule has 1 unspecified atom stereocenters. The molecule has 5 heteroatoms. The van der Waals surface area contributed by atoms with E-state index in [1.165, 1.54) is 17.7 Å². The maximum atomic E-state index is 13.2. The zero-order valence-corrected chi connectivity index (χ0v) is 18.3. The molecule has 1 aliphatic rings. The van der Waals surface area contributed by atoms with Crippen LogP contribution in [0.1, 0.15) is 51.2 Å². The summed E-state index contributed by atoms with van der Waals surface area (Å²) in [6.45, 7) is 10.2. The van der Waals surface area contributed by atoms with Gasteiger partial charge in [-0.05, 0) is 55.5 Å². The quantitative estimate of drug-likeness (QED) is 0.603. The van der Waals surface area contributed by atoms with E-state index in [1.54, 1.807) is 12.1 Å². The average molecular weight is 411 g/mol. The second-order valence-corrected chi connectivity index (χ2v) is 8.16. The Bertz CT molecular complexity index is 892. The lowest BCUT2D eigenvalue weighted by Gasteiger charge is -2.45. The number of carbonyl (C=O) groups excluding carboxylic acids is 1. The second kappa shape index (κ2) is 9.92. The molecule has 0 bridgehead atoms. The van der Waals surface area contributed by atoms with E-state index in [4.69, 9.17) is 4.74 Å². The Morgan fingerprint density at radius 2 is 1.87 bits per heavy atom. The summed E-state index contributed by atoms with van der Waals surface area (Å²) in [7, 11) is 0. The molecule has 30 heavy (non-hydrogen) atoms. The molecule has 0 N–H and O–H groups in total. The number of halogens is 1. The van der Waals surface area contributed by atoms with E-state index < -0.39 is 0 Å². The number of ether oxygens (including phenoxy) is 1. The fourth-order valence-electron chi connectivity index (χ4n) is 3.97. The van der Waals surface area contributed by atoms with Crippen LogP contribution < -0.4 is 4.74 Å². The molecule has 0 spiro atoms. The molecular formula is C25H31FN2O2. The zero-order chi connectivity index (χ0) is 21.7. The van der Waals surface area contributed by atoms with E-state index in [0.717, 1.165) is 24.3 Å². The molecule has 1 fully saturated rings. The van der Waals surface area contributed by atoms with E-state index in [0.29, 0.717) is 24.9 Å². The molecule has 0 aliphatic carbocycles. The maximum absolute atomic E-state index is 13.2. The first-order chi connectivity index (χ1) is 14.4. The maximum Gasteiger partial charge on any atom is 0.147 e. The van der Waals surface area contributed by atoms with Gasteiger partial charge in [0.15, 0.2) is 0 Å². The van der Waals surface area contributed by atoms with Gasteiger partial charge >= 0.3 is 0 Å². The molecule has 2 aromatic carbocycles. The molecule has 1 aliphatic heterocycles. The Hall–Kier alpha value is -2.62. The number of hydrogen-bond acceptors (Lipinski definition) is 4. The van der Waals surface area contributed by atoms with Crippen LogP contribution in [0.2, 0.25) is 0 Å². The third-order valence-corrected chi connectivity index (χ3v) is 6.10. The number of rotatable bonds is 7. The predicted octanol–water partition coefficient (Wildman–Crippen LogP) is 4.99. The third-order valence-electron chi connectivity index (χ3n) is 6.10. The number of hydrogen-bond donors (Lipinski definition) is 0. The highest BCUT2D eigenvalue weighted by atomic mass is 19.1. The minimum Gasteiger partial charge on any atom is -0.478 e. The van der Waals surface area contributed by atoms with Crippen molar-refractivity contribution < 1.29 is 13.9 Å². The van der Waals surface area contributed by atoms with Crippen molar-refractivity contribution >= 4 is 5.94 Å². The molecule has 2 aromatic rings. The van der Waals surface area contributed by atoms with Gasteiger partial charge < -0.3 is 9.64 Å². The molecule has 3 rings (SSSR count). The normalized spacial score (nSPS) is 20.7. The molecule has 1 saturated heterocycles. The Labute approximate surface area is 178 Å². The molecule has 0 amide bonds. The summed E-state index contributed by atoms with van der Waals surface area (Å²) in [6.07, 6.45) is 1.05. The van der Waals surface area contributed by atoms with Crippen molar-refractivity contribution in [3.8, 4) is 5.75 Å². The van der Waals surface area contributed by atoms with Crippen LogP contribution in [0.15, 0.2) is 54.2 Å². The topological polar surface area (TPSA) is 32.8 Å². The Morgan fingerprint density at radius 1 is 1.17 bits per heavy atom. The number of nitrogens with zero attached hydrogens (tertiary/aromatic N) is 2. The predicted molar refractivity (Wildman–Crippen MR) is 117 cm³/mol. The van der Waals surface area contributed by atoms with Crippen molar-refractivity contribution in [3.63, 3.8) is 0 Å². The first-order valence-electron chi connectivity index (χ1n) is 10.7. The van der Waals surface area contributed by atoms with Gasteiger partial charge in [0.25, 0.3) is 0 Å². The second-order valence-electron chi connectivity index (χ2n) is 8.16. The SMILES string of the molecule is CCC(C)c1ccccc1OCN1C[C@@H](C)N(Cc2ccc(F)cc2)C(=C=O)[C@@H]1C. The van der Waals surface area contributed by atoms with Crippen molar-refractivity contribution in [3.05, 3.63) is 71.2 Å². The van der Waals surface area contributed by atoms with E-state index in [-0.39, 0.29) is 17.9 Å². The van der Waals surface area contributed by atoms with Crippen LogP contribution in [0, 0.1) is 5.82 Å². The van der Waals surface area contributed by atoms with E-state index in [1.807, 2.05) is 25.1 Å². The van der Waals surface area contributed by atoms with Crippen LogP contribution in [0.4, 0.5) is 4.39 Å². The average Bonchev–Trinajstić information content (AvgIpc) is 2.76. The summed E-state index contributed by atoms with van der Waals surface area (Å²) in [5.41, 5.74) is 2.79. The summed E-state index contributed by atoms with van der Waals surface area (Å²) in [6, 6.07) is 14.6. The van der Waals surface area contributed by atoms with Crippen LogP contribution in [-0.2, 0) is 11.3 Å². The molecule has 0 radical (unpaired) electrons. The molecule has 0 saturated carbocycles. The first-order valence-corrected chi connectivity index (χ1v) is 10.7. The zero-order valence-electron chi connectivity index (χ0n) is 18.3. The highest BCUT2D eigenvalue weighted by molar-refractivity contribution is 5.54. The lowest BCUT2D eigenvalue weighted by molar-refractivity contribution is 0.0281. The van der Waals surface area contributed by atoms with Gasteiger partial charge in [0, 0.05) is 19.1 Å². The molecule has 1 heterocycles. The van der Waals surface area contributed by atoms with Gasteiger partial charge in [-0.25, -0.2) is 9.18 Å². The van der Waals surface area contributed by atoms with Crippen LogP contribution in [0.5, 0.6) is 5.75 Å². The molecule has 0 aromatic heterocycles. The summed E-state index contributed by atoms with van der Waals surface area (Å²) in [5, 5.41) is 0. The van der Waals surface area contributed by atoms with Crippen LogP contribution >= 0.6 is 0 Å². The lowest BCUT2D eigenvalue weighted by atomic mass is 9.98. The molecular weight excluding hydrogens is 379 g/mol. The largest absolute Gasteiger partial charge is 0.478 e. The van der Waals surface area contributed by atoms with Gasteiger partial charge in [-0.2, -0.15) is 0 Å². The Morgan fingerprint density at radius 3 is 2.53 bits per heavy atom. The number of para-hydroxylation sites is 1. The van der Waals surface area contributed by atoms with Gasteiger partial charge in [0.1, 0.15) is 29.9 Å². The first kappa shape index (κ1) is 22.1.